The minimum atomic E-state index is 0.814. The molecule has 0 atom stereocenters. The molecule has 0 saturated carbocycles. The van der Waals surface area contributed by atoms with Crippen LogP contribution >= 0.6 is 27.5 Å². The zero-order valence-corrected chi connectivity index (χ0v) is 10.0. The summed E-state index contributed by atoms with van der Waals surface area (Å²) in [7, 11) is 0. The van der Waals surface area contributed by atoms with Crippen LogP contribution in [0.2, 0.25) is 0 Å². The minimum absolute atomic E-state index is 0.814. The molecule has 0 aliphatic heterocycles. The van der Waals surface area contributed by atoms with Crippen LogP contribution in [-0.4, -0.2) is 5.33 Å². The van der Waals surface area contributed by atoms with Crippen LogP contribution in [0.5, 0.6) is 0 Å². The summed E-state index contributed by atoms with van der Waals surface area (Å²) in [6.45, 7) is 6.05. The number of alkyl halides is 1. The third-order valence-corrected chi connectivity index (χ3v) is 2.70. The topological polar surface area (TPSA) is 0 Å². The Morgan fingerprint density at radius 2 is 1.92 bits per heavy atom. The maximum atomic E-state index is 5.89. The van der Waals surface area contributed by atoms with Crippen molar-refractivity contribution in [2.24, 2.45) is 0 Å². The van der Waals surface area contributed by atoms with E-state index in [1.54, 1.807) is 0 Å². The van der Waals surface area contributed by atoms with E-state index in [-0.39, 0.29) is 0 Å². The van der Waals surface area contributed by atoms with Gasteiger partial charge in [0.05, 0.1) is 0 Å². The molecule has 12 heavy (non-hydrogen) atoms. The van der Waals surface area contributed by atoms with Gasteiger partial charge in [0.2, 0.25) is 0 Å². The number of hydrogen-bond donors (Lipinski definition) is 0. The second-order valence-corrected chi connectivity index (χ2v) is 3.82. The van der Waals surface area contributed by atoms with Crippen molar-refractivity contribution in [1.82, 2.24) is 0 Å². The van der Waals surface area contributed by atoms with E-state index in [1.807, 2.05) is 32.1 Å². The highest BCUT2D eigenvalue weighted by molar-refractivity contribution is 9.09. The summed E-state index contributed by atoms with van der Waals surface area (Å²) in [5, 5.41) is 1.72. The summed E-state index contributed by atoms with van der Waals surface area (Å²) in [6, 6.07) is 0. The normalized spacial score (nSPS) is 12.2. The quantitative estimate of drug-likeness (QED) is 0.513. The zero-order chi connectivity index (χ0) is 9.56. The monoisotopic (exact) mass is 248 g/mol. The Morgan fingerprint density at radius 3 is 2.33 bits per heavy atom. The van der Waals surface area contributed by atoms with E-state index in [2.05, 4.69) is 22.9 Å². The molecule has 0 spiro atoms. The smallest absolute Gasteiger partial charge is 0.0392 e. The van der Waals surface area contributed by atoms with E-state index in [0.29, 0.717) is 0 Å². The van der Waals surface area contributed by atoms with E-state index in [1.165, 1.54) is 5.57 Å². The van der Waals surface area contributed by atoms with Crippen LogP contribution < -0.4 is 0 Å². The van der Waals surface area contributed by atoms with Crippen molar-refractivity contribution in [3.63, 3.8) is 0 Å². The first-order valence-electron chi connectivity index (χ1n) is 3.80. The SMILES string of the molecule is CC(C)=C(Cl)/C=C\C=C(/C)CBr. The van der Waals surface area contributed by atoms with Gasteiger partial charge in [-0.15, -0.1) is 0 Å². The lowest BCUT2D eigenvalue weighted by Gasteiger charge is -1.91. The van der Waals surface area contributed by atoms with E-state index in [9.17, 15) is 0 Å². The third kappa shape index (κ3) is 5.62. The van der Waals surface area contributed by atoms with Crippen LogP contribution in [0.1, 0.15) is 20.8 Å². The molecule has 0 aliphatic rings. The van der Waals surface area contributed by atoms with Crippen molar-refractivity contribution in [3.05, 3.63) is 34.4 Å². The fourth-order valence-electron chi connectivity index (χ4n) is 0.508. The first-order chi connectivity index (χ1) is 5.57. The molecule has 0 radical (unpaired) electrons. The zero-order valence-electron chi connectivity index (χ0n) is 7.70. The minimum Gasteiger partial charge on any atom is -0.0880 e. The summed E-state index contributed by atoms with van der Waals surface area (Å²) < 4.78 is 0. The van der Waals surface area contributed by atoms with Crippen molar-refractivity contribution in [3.8, 4) is 0 Å². The van der Waals surface area contributed by atoms with E-state index in [0.717, 1.165) is 15.9 Å². The highest BCUT2D eigenvalue weighted by Crippen LogP contribution is 2.10. The van der Waals surface area contributed by atoms with Crippen LogP contribution in [0, 0.1) is 0 Å². The fraction of sp³-hybridized carbons (Fsp3) is 0.400. The molecule has 0 rings (SSSR count). The molecule has 0 amide bonds. The molecule has 2 heteroatoms. The van der Waals surface area contributed by atoms with E-state index < -0.39 is 0 Å². The summed E-state index contributed by atoms with van der Waals surface area (Å²) >= 11 is 9.26. The average molecular weight is 250 g/mol. The molecule has 0 unspecified atom stereocenters. The maximum Gasteiger partial charge on any atom is 0.0392 e. The Kier molecular flexibility index (Phi) is 6.49. The standard InChI is InChI=1S/C10H14BrCl/c1-8(2)10(12)6-4-5-9(3)7-11/h4-6H,7H2,1-3H3/b6-4-,9-5+. The molecule has 0 saturated heterocycles. The predicted octanol–water partition coefficient (Wildman–Crippen LogP) is 4.42. The van der Waals surface area contributed by atoms with Gasteiger partial charge in [-0.25, -0.2) is 0 Å². The lowest BCUT2D eigenvalue weighted by atomic mass is 10.2. The average Bonchev–Trinajstić information content (AvgIpc) is 2.03. The summed E-state index contributed by atoms with van der Waals surface area (Å²) in [5.41, 5.74) is 2.42. The lowest BCUT2D eigenvalue weighted by Crippen LogP contribution is -1.73. The van der Waals surface area contributed by atoms with Crippen LogP contribution in [0.15, 0.2) is 34.4 Å². The van der Waals surface area contributed by atoms with Gasteiger partial charge in [-0.2, -0.15) is 0 Å². The predicted molar refractivity (Wildman–Crippen MR) is 60.9 cm³/mol. The Bertz CT molecular complexity index is 220. The second kappa shape index (κ2) is 6.50. The van der Waals surface area contributed by atoms with Gasteiger partial charge in [0.1, 0.15) is 0 Å². The van der Waals surface area contributed by atoms with Gasteiger partial charge >= 0.3 is 0 Å². The van der Waals surface area contributed by atoms with Crippen molar-refractivity contribution in [2.45, 2.75) is 20.8 Å². The lowest BCUT2D eigenvalue weighted by molar-refractivity contribution is 1.37. The molecule has 0 fully saturated rings. The number of rotatable bonds is 3. The van der Waals surface area contributed by atoms with Gasteiger partial charge in [-0.05, 0) is 26.8 Å². The highest BCUT2D eigenvalue weighted by Gasteiger charge is 1.86. The molecule has 0 nitrogen and oxygen atoms in total. The van der Waals surface area contributed by atoms with Gasteiger partial charge in [-0.1, -0.05) is 50.8 Å². The molecule has 0 aromatic heterocycles. The van der Waals surface area contributed by atoms with Crippen molar-refractivity contribution in [1.29, 1.82) is 0 Å². The summed E-state index contributed by atoms with van der Waals surface area (Å²) in [5.74, 6) is 0. The second-order valence-electron chi connectivity index (χ2n) is 2.85. The molecular formula is C10H14BrCl. The first-order valence-corrected chi connectivity index (χ1v) is 5.30. The third-order valence-electron chi connectivity index (χ3n) is 1.31. The molecular weight excluding hydrogens is 235 g/mol. The van der Waals surface area contributed by atoms with E-state index >= 15 is 0 Å². The first kappa shape index (κ1) is 12.0. The molecule has 68 valence electrons. The fourth-order valence-corrected chi connectivity index (χ4v) is 0.768. The Balaban J connectivity index is 4.19. The van der Waals surface area contributed by atoms with Gasteiger partial charge in [0.15, 0.2) is 0 Å². The largest absolute Gasteiger partial charge is 0.0880 e. The van der Waals surface area contributed by atoms with Crippen LogP contribution in [0.4, 0.5) is 0 Å². The highest BCUT2D eigenvalue weighted by atomic mass is 79.9. The molecule has 0 aromatic rings. The van der Waals surface area contributed by atoms with Crippen molar-refractivity contribution >= 4 is 27.5 Å². The number of hydrogen-bond acceptors (Lipinski definition) is 0. The number of allylic oxidation sites excluding steroid dienone is 6. The summed E-state index contributed by atoms with van der Waals surface area (Å²) in [4.78, 5) is 0. The van der Waals surface area contributed by atoms with Gasteiger partial charge in [0, 0.05) is 10.4 Å². The molecule has 0 bridgehead atoms. The molecule has 0 aliphatic carbocycles. The summed E-state index contributed by atoms with van der Waals surface area (Å²) in [6.07, 6.45) is 5.91. The molecule has 0 N–H and O–H groups in total. The van der Waals surface area contributed by atoms with Crippen molar-refractivity contribution in [2.75, 3.05) is 5.33 Å². The van der Waals surface area contributed by atoms with Gasteiger partial charge in [-0.3, -0.25) is 0 Å². The van der Waals surface area contributed by atoms with Crippen LogP contribution in [0.3, 0.4) is 0 Å². The van der Waals surface area contributed by atoms with Crippen LogP contribution in [0.25, 0.3) is 0 Å². The van der Waals surface area contributed by atoms with Gasteiger partial charge in [0.25, 0.3) is 0 Å². The van der Waals surface area contributed by atoms with Crippen LogP contribution in [-0.2, 0) is 0 Å². The maximum absolute atomic E-state index is 5.89. The molecule has 0 aromatic carbocycles. The molecule has 0 heterocycles. The number of halogens is 2. The van der Waals surface area contributed by atoms with Crippen molar-refractivity contribution < 1.29 is 0 Å². The van der Waals surface area contributed by atoms with Gasteiger partial charge < -0.3 is 0 Å². The Labute approximate surface area is 88.1 Å². The Morgan fingerprint density at radius 1 is 1.33 bits per heavy atom. The Hall–Kier alpha value is -0.0100. The van der Waals surface area contributed by atoms with E-state index in [4.69, 9.17) is 11.6 Å².